The third-order valence-corrected chi connectivity index (χ3v) is 5.49. The summed E-state index contributed by atoms with van der Waals surface area (Å²) >= 11 is 1.26. The van der Waals surface area contributed by atoms with Crippen LogP contribution in [0.2, 0.25) is 0 Å². The second-order valence-corrected chi connectivity index (χ2v) is 8.03. The zero-order valence-electron chi connectivity index (χ0n) is 17.0. The standard InChI is InChI=1S/C21H22F3N3O3S/c1-3-4-9-27-16-11-25-8-7-18(16)31-20(27)26-19(29)15-10-14(21(22,23)24)5-6-17(15)30-12-13(2)28/h5-8,10-11,13,28H,3-4,9,12H2,1-2H3/b26-20-/t13-/m0/s1. The molecule has 2 heterocycles. The van der Waals surface area contributed by atoms with Crippen LogP contribution in [0.25, 0.3) is 10.2 Å². The van der Waals surface area contributed by atoms with Crippen LogP contribution >= 0.6 is 11.3 Å². The van der Waals surface area contributed by atoms with Gasteiger partial charge in [-0.1, -0.05) is 24.7 Å². The number of halogens is 3. The summed E-state index contributed by atoms with van der Waals surface area (Å²) in [6.07, 6.45) is -0.413. The molecule has 0 unspecified atom stereocenters. The summed E-state index contributed by atoms with van der Waals surface area (Å²) in [5.74, 6) is -0.915. The summed E-state index contributed by atoms with van der Waals surface area (Å²) in [6.45, 7) is 3.93. The number of aliphatic hydroxyl groups excluding tert-OH is 1. The molecule has 0 saturated carbocycles. The van der Waals surface area contributed by atoms with Crippen molar-refractivity contribution in [2.45, 2.75) is 45.5 Å². The lowest BCUT2D eigenvalue weighted by Crippen LogP contribution is -2.19. The number of pyridine rings is 1. The van der Waals surface area contributed by atoms with E-state index < -0.39 is 23.8 Å². The van der Waals surface area contributed by atoms with Crippen molar-refractivity contribution in [1.82, 2.24) is 9.55 Å². The lowest BCUT2D eigenvalue weighted by Gasteiger charge is -2.13. The summed E-state index contributed by atoms with van der Waals surface area (Å²) in [4.78, 5) is 21.6. The molecule has 10 heteroatoms. The molecule has 0 saturated heterocycles. The van der Waals surface area contributed by atoms with E-state index in [1.807, 2.05) is 11.5 Å². The topological polar surface area (TPSA) is 76.7 Å². The molecule has 0 aliphatic carbocycles. The fourth-order valence-electron chi connectivity index (χ4n) is 2.89. The van der Waals surface area contributed by atoms with Gasteiger partial charge in [-0.05, 0) is 37.6 Å². The van der Waals surface area contributed by atoms with Gasteiger partial charge in [0.1, 0.15) is 12.4 Å². The highest BCUT2D eigenvalue weighted by Gasteiger charge is 2.32. The number of nitrogens with zero attached hydrogens (tertiary/aromatic N) is 3. The van der Waals surface area contributed by atoms with E-state index in [4.69, 9.17) is 4.74 Å². The lowest BCUT2D eigenvalue weighted by atomic mass is 10.1. The van der Waals surface area contributed by atoms with Crippen LogP contribution in [0.4, 0.5) is 13.2 Å². The van der Waals surface area contributed by atoms with Crippen LogP contribution in [0.1, 0.15) is 42.6 Å². The van der Waals surface area contributed by atoms with Crippen LogP contribution < -0.4 is 9.54 Å². The Hall–Kier alpha value is -2.72. The molecule has 2 aromatic heterocycles. The van der Waals surface area contributed by atoms with Gasteiger partial charge in [-0.25, -0.2) is 0 Å². The fourth-order valence-corrected chi connectivity index (χ4v) is 3.91. The number of hydrogen-bond acceptors (Lipinski definition) is 5. The van der Waals surface area contributed by atoms with E-state index in [0.29, 0.717) is 11.3 Å². The van der Waals surface area contributed by atoms with Crippen molar-refractivity contribution in [1.29, 1.82) is 0 Å². The third-order valence-electron chi connectivity index (χ3n) is 4.43. The minimum absolute atomic E-state index is 0.0643. The number of ether oxygens (including phenoxy) is 1. The fraction of sp³-hybridized carbons (Fsp3) is 0.381. The van der Waals surface area contributed by atoms with Crippen molar-refractivity contribution in [2.24, 2.45) is 4.99 Å². The molecule has 0 radical (unpaired) electrons. The molecule has 1 amide bonds. The first-order valence-electron chi connectivity index (χ1n) is 9.75. The number of carbonyl (C=O) groups is 1. The van der Waals surface area contributed by atoms with Gasteiger partial charge in [-0.3, -0.25) is 9.78 Å². The maximum atomic E-state index is 13.2. The largest absolute Gasteiger partial charge is 0.490 e. The molecule has 166 valence electrons. The number of benzene rings is 1. The van der Waals surface area contributed by atoms with Gasteiger partial charge in [0, 0.05) is 12.7 Å². The molecule has 1 N–H and O–H groups in total. The molecule has 0 spiro atoms. The Morgan fingerprint density at radius 3 is 2.81 bits per heavy atom. The van der Waals surface area contributed by atoms with E-state index in [9.17, 15) is 23.1 Å². The van der Waals surface area contributed by atoms with E-state index in [-0.39, 0.29) is 17.9 Å². The Morgan fingerprint density at radius 1 is 1.35 bits per heavy atom. The Kier molecular flexibility index (Phi) is 7.11. The highest BCUT2D eigenvalue weighted by Crippen LogP contribution is 2.33. The highest BCUT2D eigenvalue weighted by molar-refractivity contribution is 7.16. The average Bonchev–Trinajstić information content (AvgIpc) is 3.06. The van der Waals surface area contributed by atoms with Gasteiger partial charge < -0.3 is 14.4 Å². The maximum absolute atomic E-state index is 13.2. The molecule has 1 atom stereocenters. The van der Waals surface area contributed by atoms with E-state index in [0.717, 1.165) is 41.3 Å². The monoisotopic (exact) mass is 453 g/mol. The Morgan fingerprint density at radius 2 is 2.13 bits per heavy atom. The van der Waals surface area contributed by atoms with E-state index >= 15 is 0 Å². The van der Waals surface area contributed by atoms with Crippen LogP contribution in [-0.4, -0.2) is 33.3 Å². The van der Waals surface area contributed by atoms with Gasteiger partial charge in [-0.15, -0.1) is 0 Å². The van der Waals surface area contributed by atoms with E-state index in [1.54, 1.807) is 18.5 Å². The first-order valence-corrected chi connectivity index (χ1v) is 10.6. The number of carbonyl (C=O) groups excluding carboxylic acids is 1. The predicted molar refractivity (Wildman–Crippen MR) is 111 cm³/mol. The Labute approximate surface area is 180 Å². The number of unbranched alkanes of at least 4 members (excludes halogenated alkanes) is 1. The predicted octanol–water partition coefficient (Wildman–Crippen LogP) is 4.42. The summed E-state index contributed by atoms with van der Waals surface area (Å²) < 4.78 is 47.7. The van der Waals surface area contributed by atoms with Crippen molar-refractivity contribution < 1.29 is 27.8 Å². The summed E-state index contributed by atoms with van der Waals surface area (Å²) in [7, 11) is 0. The second-order valence-electron chi connectivity index (χ2n) is 7.02. The molecule has 3 aromatic rings. The van der Waals surface area contributed by atoms with Gasteiger partial charge in [0.05, 0.1) is 33.6 Å². The molecule has 0 aliphatic heterocycles. The number of aliphatic hydroxyl groups is 1. The first-order chi connectivity index (χ1) is 14.7. The van der Waals surface area contributed by atoms with Crippen LogP contribution in [0.3, 0.4) is 0 Å². The zero-order valence-corrected chi connectivity index (χ0v) is 17.8. The maximum Gasteiger partial charge on any atom is 0.416 e. The summed E-state index contributed by atoms with van der Waals surface area (Å²) in [5, 5.41) is 9.44. The minimum atomic E-state index is -4.62. The number of hydrogen-bond donors (Lipinski definition) is 1. The van der Waals surface area contributed by atoms with Crippen LogP contribution in [-0.2, 0) is 12.7 Å². The molecular formula is C21H22F3N3O3S. The van der Waals surface area contributed by atoms with Gasteiger partial charge in [0.2, 0.25) is 0 Å². The Balaban J connectivity index is 2.10. The van der Waals surface area contributed by atoms with Crippen LogP contribution in [0.15, 0.2) is 41.7 Å². The molecule has 0 bridgehead atoms. The SMILES string of the molecule is CCCCn1/c(=N/C(=O)c2cc(C(F)(F)F)ccc2OC[C@H](C)O)sc2ccncc21. The first kappa shape index (κ1) is 23.0. The van der Waals surface area contributed by atoms with Crippen molar-refractivity contribution in [2.75, 3.05) is 6.61 Å². The number of rotatable bonds is 7. The molecule has 1 aromatic carbocycles. The number of amides is 1. The van der Waals surface area contributed by atoms with E-state index in [1.165, 1.54) is 18.3 Å². The molecular weight excluding hydrogens is 431 g/mol. The van der Waals surface area contributed by atoms with Gasteiger partial charge >= 0.3 is 6.18 Å². The van der Waals surface area contributed by atoms with Crippen molar-refractivity contribution in [3.8, 4) is 5.75 Å². The highest BCUT2D eigenvalue weighted by atomic mass is 32.1. The van der Waals surface area contributed by atoms with Gasteiger partial charge in [0.15, 0.2) is 4.80 Å². The number of aromatic nitrogens is 2. The van der Waals surface area contributed by atoms with Gasteiger partial charge in [-0.2, -0.15) is 18.2 Å². The summed E-state index contributed by atoms with van der Waals surface area (Å²) in [5.41, 5.74) is -0.481. The molecule has 3 rings (SSSR count). The molecule has 0 aliphatic rings. The molecule has 31 heavy (non-hydrogen) atoms. The number of thiazole rings is 1. The minimum Gasteiger partial charge on any atom is -0.490 e. The number of fused-ring (bicyclic) bond motifs is 1. The van der Waals surface area contributed by atoms with Crippen molar-refractivity contribution >= 4 is 27.5 Å². The smallest absolute Gasteiger partial charge is 0.416 e. The normalized spacial score (nSPS) is 13.5. The third kappa shape index (κ3) is 5.50. The summed E-state index contributed by atoms with van der Waals surface area (Å²) in [6, 6.07) is 4.44. The quantitative estimate of drug-likeness (QED) is 0.575. The van der Waals surface area contributed by atoms with Crippen molar-refractivity contribution in [3.05, 3.63) is 52.6 Å². The number of aryl methyl sites for hydroxylation is 1. The van der Waals surface area contributed by atoms with E-state index in [2.05, 4.69) is 9.98 Å². The second kappa shape index (κ2) is 9.61. The molecule has 6 nitrogen and oxygen atoms in total. The number of alkyl halides is 3. The Bertz CT molecular complexity index is 1140. The zero-order chi connectivity index (χ0) is 22.6. The van der Waals surface area contributed by atoms with Crippen LogP contribution in [0.5, 0.6) is 5.75 Å². The lowest BCUT2D eigenvalue weighted by molar-refractivity contribution is -0.137. The van der Waals surface area contributed by atoms with Crippen molar-refractivity contribution in [3.63, 3.8) is 0 Å². The van der Waals surface area contributed by atoms with Crippen LogP contribution in [0, 0.1) is 0 Å². The van der Waals surface area contributed by atoms with Gasteiger partial charge in [0.25, 0.3) is 5.91 Å². The molecule has 0 fully saturated rings. The average molecular weight is 453 g/mol.